The molecule has 0 spiro atoms. The lowest BCUT2D eigenvalue weighted by Gasteiger charge is -2.05. The number of aromatic nitrogens is 2. The fourth-order valence-corrected chi connectivity index (χ4v) is 2.06. The van der Waals surface area contributed by atoms with E-state index in [2.05, 4.69) is 9.97 Å². The van der Waals surface area contributed by atoms with E-state index < -0.39 is 0 Å². The lowest BCUT2D eigenvalue weighted by molar-refractivity contribution is -0.143. The van der Waals surface area contributed by atoms with Crippen LogP contribution in [-0.2, 0) is 22.4 Å². The predicted molar refractivity (Wildman–Crippen MR) is 80.7 cm³/mol. The van der Waals surface area contributed by atoms with Gasteiger partial charge in [-0.25, -0.2) is 0 Å². The van der Waals surface area contributed by atoms with Gasteiger partial charge in [-0.3, -0.25) is 14.8 Å². The molecule has 0 amide bonds. The van der Waals surface area contributed by atoms with Crippen molar-refractivity contribution < 1.29 is 9.53 Å². The third kappa shape index (κ3) is 6.17. The first-order chi connectivity index (χ1) is 10.3. The van der Waals surface area contributed by atoms with Crippen LogP contribution in [0.25, 0.3) is 0 Å². The molecule has 2 aromatic heterocycles. The molecule has 4 nitrogen and oxygen atoms in total. The number of pyridine rings is 2. The van der Waals surface area contributed by atoms with Gasteiger partial charge in [-0.2, -0.15) is 0 Å². The molecule has 0 aliphatic rings. The van der Waals surface area contributed by atoms with Gasteiger partial charge in [0.15, 0.2) is 0 Å². The summed E-state index contributed by atoms with van der Waals surface area (Å²) in [5, 5.41) is 0. The maximum atomic E-state index is 11.6. The molecule has 0 aliphatic carbocycles. The highest BCUT2D eigenvalue weighted by atomic mass is 16.5. The Morgan fingerprint density at radius 3 is 2.14 bits per heavy atom. The van der Waals surface area contributed by atoms with Crippen molar-refractivity contribution in [1.82, 2.24) is 9.97 Å². The molecule has 2 rings (SSSR count). The average Bonchev–Trinajstić information content (AvgIpc) is 2.54. The van der Waals surface area contributed by atoms with E-state index in [9.17, 15) is 4.79 Å². The molecular formula is C17H20N2O2. The quantitative estimate of drug-likeness (QED) is 0.552. The first-order valence-electron chi connectivity index (χ1n) is 7.28. The number of hydrogen-bond acceptors (Lipinski definition) is 4. The summed E-state index contributed by atoms with van der Waals surface area (Å²) in [5.41, 5.74) is 2.33. The molecule has 0 bridgehead atoms. The van der Waals surface area contributed by atoms with Gasteiger partial charge < -0.3 is 4.74 Å². The summed E-state index contributed by atoms with van der Waals surface area (Å²) in [4.78, 5) is 19.7. The van der Waals surface area contributed by atoms with Gasteiger partial charge in [0.1, 0.15) is 0 Å². The fourth-order valence-electron chi connectivity index (χ4n) is 2.06. The molecule has 2 aromatic rings. The van der Waals surface area contributed by atoms with E-state index in [4.69, 9.17) is 4.74 Å². The minimum atomic E-state index is -0.120. The van der Waals surface area contributed by atoms with Crippen LogP contribution in [0.5, 0.6) is 0 Å². The van der Waals surface area contributed by atoms with E-state index in [0.717, 1.165) is 31.2 Å². The first-order valence-corrected chi connectivity index (χ1v) is 7.28. The summed E-state index contributed by atoms with van der Waals surface area (Å²) < 4.78 is 5.23. The van der Waals surface area contributed by atoms with Crippen molar-refractivity contribution in [1.29, 1.82) is 0 Å². The number of esters is 1. The molecule has 2 heterocycles. The molecule has 0 aliphatic heterocycles. The molecule has 0 radical (unpaired) electrons. The van der Waals surface area contributed by atoms with E-state index in [-0.39, 0.29) is 5.97 Å². The van der Waals surface area contributed by atoms with Gasteiger partial charge in [0.25, 0.3) is 0 Å². The SMILES string of the molecule is O=C(CCCc1cccnc1)OCCCc1cccnc1. The number of rotatable bonds is 8. The van der Waals surface area contributed by atoms with Gasteiger partial charge in [-0.15, -0.1) is 0 Å². The third-order valence-corrected chi connectivity index (χ3v) is 3.16. The Kier molecular flexibility index (Phi) is 6.39. The molecular weight excluding hydrogens is 264 g/mol. The average molecular weight is 284 g/mol. The summed E-state index contributed by atoms with van der Waals surface area (Å²) in [7, 11) is 0. The van der Waals surface area contributed by atoms with E-state index in [1.807, 2.05) is 36.7 Å². The van der Waals surface area contributed by atoms with E-state index in [0.29, 0.717) is 13.0 Å². The number of carbonyl (C=O) groups is 1. The number of nitrogens with zero attached hydrogens (tertiary/aromatic N) is 2. The summed E-state index contributed by atoms with van der Waals surface area (Å²) in [6, 6.07) is 7.88. The van der Waals surface area contributed by atoms with Gasteiger partial charge in [0.05, 0.1) is 6.61 Å². The van der Waals surface area contributed by atoms with Crippen LogP contribution in [0.15, 0.2) is 49.1 Å². The fraction of sp³-hybridized carbons (Fsp3) is 0.353. The topological polar surface area (TPSA) is 52.1 Å². The monoisotopic (exact) mass is 284 g/mol. The van der Waals surface area contributed by atoms with E-state index >= 15 is 0 Å². The van der Waals surface area contributed by atoms with Crippen LogP contribution >= 0.6 is 0 Å². The van der Waals surface area contributed by atoms with Gasteiger partial charge in [-0.05, 0) is 48.9 Å². The van der Waals surface area contributed by atoms with Crippen LogP contribution in [-0.4, -0.2) is 22.5 Å². The summed E-state index contributed by atoms with van der Waals surface area (Å²) in [6.45, 7) is 0.473. The van der Waals surface area contributed by atoms with E-state index in [1.54, 1.807) is 12.4 Å². The second-order valence-corrected chi connectivity index (χ2v) is 4.90. The van der Waals surface area contributed by atoms with Crippen LogP contribution in [0, 0.1) is 0 Å². The molecule has 4 heteroatoms. The third-order valence-electron chi connectivity index (χ3n) is 3.16. The molecule has 0 N–H and O–H groups in total. The summed E-state index contributed by atoms with van der Waals surface area (Å²) in [5.74, 6) is -0.120. The van der Waals surface area contributed by atoms with Crippen LogP contribution < -0.4 is 0 Å². The molecule has 0 saturated carbocycles. The van der Waals surface area contributed by atoms with Crippen molar-refractivity contribution in [2.75, 3.05) is 6.61 Å². The van der Waals surface area contributed by atoms with E-state index in [1.165, 1.54) is 5.56 Å². The van der Waals surface area contributed by atoms with Crippen LogP contribution in [0.2, 0.25) is 0 Å². The highest BCUT2D eigenvalue weighted by Gasteiger charge is 2.03. The molecule has 21 heavy (non-hydrogen) atoms. The van der Waals surface area contributed by atoms with Crippen molar-refractivity contribution in [2.45, 2.75) is 32.1 Å². The Bertz CT molecular complexity index is 529. The van der Waals surface area contributed by atoms with Crippen LogP contribution in [0.3, 0.4) is 0 Å². The molecule has 0 fully saturated rings. The lowest BCUT2D eigenvalue weighted by atomic mass is 10.1. The Labute approximate surface area is 125 Å². The number of aryl methyl sites for hydroxylation is 2. The number of ether oxygens (including phenoxy) is 1. The largest absolute Gasteiger partial charge is 0.466 e. The standard InChI is InChI=1S/C17H20N2O2/c20-17(9-1-5-15-6-2-10-18-13-15)21-12-4-8-16-7-3-11-19-14-16/h2-3,6-7,10-11,13-14H,1,4-5,8-9,12H2. The maximum absolute atomic E-state index is 11.6. The Hall–Kier alpha value is -2.23. The number of hydrogen-bond donors (Lipinski definition) is 0. The molecule has 0 aromatic carbocycles. The zero-order valence-corrected chi connectivity index (χ0v) is 12.1. The van der Waals surface area contributed by atoms with Crippen LogP contribution in [0.4, 0.5) is 0 Å². The first kappa shape index (κ1) is 15.2. The maximum Gasteiger partial charge on any atom is 0.305 e. The van der Waals surface area contributed by atoms with Crippen LogP contribution in [0.1, 0.15) is 30.4 Å². The van der Waals surface area contributed by atoms with Crippen molar-refractivity contribution in [3.8, 4) is 0 Å². The molecule has 0 saturated heterocycles. The highest BCUT2D eigenvalue weighted by Crippen LogP contribution is 2.05. The van der Waals surface area contributed by atoms with Crippen molar-refractivity contribution in [3.05, 3.63) is 60.2 Å². The molecule has 110 valence electrons. The Morgan fingerprint density at radius 1 is 0.952 bits per heavy atom. The lowest BCUT2D eigenvalue weighted by Crippen LogP contribution is -2.07. The summed E-state index contributed by atoms with van der Waals surface area (Å²) in [6.07, 6.45) is 11.0. The zero-order chi connectivity index (χ0) is 14.8. The minimum absolute atomic E-state index is 0.120. The van der Waals surface area contributed by atoms with Gasteiger partial charge >= 0.3 is 5.97 Å². The number of carbonyl (C=O) groups excluding carboxylic acids is 1. The van der Waals surface area contributed by atoms with Crippen molar-refractivity contribution in [3.63, 3.8) is 0 Å². The molecule has 0 atom stereocenters. The van der Waals surface area contributed by atoms with Gasteiger partial charge in [0.2, 0.25) is 0 Å². The van der Waals surface area contributed by atoms with Crippen molar-refractivity contribution >= 4 is 5.97 Å². The Morgan fingerprint density at radius 2 is 1.57 bits per heavy atom. The molecule has 0 unspecified atom stereocenters. The highest BCUT2D eigenvalue weighted by molar-refractivity contribution is 5.69. The second-order valence-electron chi connectivity index (χ2n) is 4.90. The Balaban J connectivity index is 1.54. The second kappa shape index (κ2) is 8.84. The normalized spacial score (nSPS) is 10.3. The van der Waals surface area contributed by atoms with Gasteiger partial charge in [0, 0.05) is 31.2 Å². The zero-order valence-electron chi connectivity index (χ0n) is 12.1. The van der Waals surface area contributed by atoms with Gasteiger partial charge in [-0.1, -0.05) is 12.1 Å². The smallest absolute Gasteiger partial charge is 0.305 e. The minimum Gasteiger partial charge on any atom is -0.466 e. The van der Waals surface area contributed by atoms with Crippen molar-refractivity contribution in [2.24, 2.45) is 0 Å². The summed E-state index contributed by atoms with van der Waals surface area (Å²) >= 11 is 0. The predicted octanol–water partition coefficient (Wildman–Crippen LogP) is 2.98.